The summed E-state index contributed by atoms with van der Waals surface area (Å²) >= 11 is 5.05. The highest BCUT2D eigenvalue weighted by Crippen LogP contribution is 2.42. The summed E-state index contributed by atoms with van der Waals surface area (Å²) in [6, 6.07) is 8.00. The number of fused-ring (bicyclic) bond motifs is 1. The maximum atomic E-state index is 13.3. The quantitative estimate of drug-likeness (QED) is 0.568. The fraction of sp³-hybridized carbons (Fsp3) is 0.524. The highest BCUT2D eigenvalue weighted by molar-refractivity contribution is 9.10. The third-order valence-corrected chi connectivity index (χ3v) is 7.32. The molecule has 9 heteroatoms. The zero-order chi connectivity index (χ0) is 21.3. The van der Waals surface area contributed by atoms with E-state index in [9.17, 15) is 9.59 Å². The Balaban J connectivity index is 1.58. The average Bonchev–Trinajstić information content (AvgIpc) is 3.28. The van der Waals surface area contributed by atoms with Crippen LogP contribution in [0.15, 0.2) is 33.9 Å². The van der Waals surface area contributed by atoms with Gasteiger partial charge >= 0.3 is 5.97 Å². The number of benzene rings is 1. The number of aryl methyl sites for hydroxylation is 1. The lowest BCUT2D eigenvalue weighted by atomic mass is 9.93. The summed E-state index contributed by atoms with van der Waals surface area (Å²) in [7, 11) is 0. The van der Waals surface area contributed by atoms with E-state index in [0.29, 0.717) is 24.0 Å². The second-order valence-electron chi connectivity index (χ2n) is 7.51. The molecule has 2 atom stereocenters. The number of likely N-dealkylation sites (tertiary alicyclic amines) is 1. The van der Waals surface area contributed by atoms with Crippen LogP contribution in [0.4, 0.5) is 0 Å². The van der Waals surface area contributed by atoms with E-state index < -0.39 is 0 Å². The van der Waals surface area contributed by atoms with Gasteiger partial charge in [-0.05, 0) is 50.6 Å². The lowest BCUT2D eigenvalue weighted by molar-refractivity contribution is -0.149. The molecule has 0 bridgehead atoms. The number of hydrogen-bond acceptors (Lipinski definition) is 7. The van der Waals surface area contributed by atoms with Crippen molar-refractivity contribution in [3.63, 3.8) is 0 Å². The van der Waals surface area contributed by atoms with Gasteiger partial charge < -0.3 is 4.74 Å². The van der Waals surface area contributed by atoms with Crippen LogP contribution in [0.5, 0.6) is 0 Å². The second-order valence-corrected chi connectivity index (χ2v) is 9.54. The van der Waals surface area contributed by atoms with Crippen molar-refractivity contribution < 1.29 is 14.3 Å². The molecule has 1 aromatic heterocycles. The van der Waals surface area contributed by atoms with E-state index in [2.05, 4.69) is 43.0 Å². The van der Waals surface area contributed by atoms with Crippen molar-refractivity contribution in [3.8, 4) is 0 Å². The van der Waals surface area contributed by atoms with Crippen molar-refractivity contribution in [1.29, 1.82) is 0 Å². The predicted octanol–water partition coefficient (Wildman–Crippen LogP) is 3.73. The summed E-state index contributed by atoms with van der Waals surface area (Å²) in [5.74, 6) is 0.484. The molecule has 1 aromatic carbocycles. The van der Waals surface area contributed by atoms with Crippen LogP contribution in [-0.4, -0.2) is 56.5 Å². The number of hydrogen-bond donors (Lipinski definition) is 0. The second kappa shape index (κ2) is 9.20. The normalized spacial score (nSPS) is 20.9. The summed E-state index contributed by atoms with van der Waals surface area (Å²) in [4.78, 5) is 32.2. The monoisotopic (exact) mass is 492 g/mol. The third kappa shape index (κ3) is 4.20. The van der Waals surface area contributed by atoms with E-state index in [-0.39, 0.29) is 29.1 Å². The predicted molar refractivity (Wildman–Crippen MR) is 117 cm³/mol. The SMILES string of the molecule is CCOC(=O)C1CCN(C(c2cccc(Br)c2)C2Sc3nc(CC)nn3C2=O)CC1. The van der Waals surface area contributed by atoms with Gasteiger partial charge in [0.15, 0.2) is 11.0 Å². The number of nitrogens with zero attached hydrogens (tertiary/aromatic N) is 4. The summed E-state index contributed by atoms with van der Waals surface area (Å²) in [6.07, 6.45) is 2.17. The van der Waals surface area contributed by atoms with Crippen molar-refractivity contribution in [2.45, 2.75) is 49.6 Å². The Morgan fingerprint density at radius 3 is 2.73 bits per heavy atom. The van der Waals surface area contributed by atoms with E-state index in [0.717, 1.165) is 36.0 Å². The third-order valence-electron chi connectivity index (χ3n) is 5.64. The Morgan fingerprint density at radius 1 is 1.33 bits per heavy atom. The summed E-state index contributed by atoms with van der Waals surface area (Å²) in [5, 5.41) is 4.73. The Kier molecular flexibility index (Phi) is 6.60. The standard InChI is InChI=1S/C21H25BrN4O3S/c1-3-16-23-21-26(24-16)19(27)18(30-21)17(14-6-5-7-15(22)12-14)25-10-8-13(9-11-25)20(28)29-4-2/h5-7,12-13,17-18H,3-4,8-11H2,1-2H3. The Hall–Kier alpha value is -1.71. The molecule has 0 N–H and O–H groups in total. The van der Waals surface area contributed by atoms with Gasteiger partial charge in [-0.1, -0.05) is 46.7 Å². The van der Waals surface area contributed by atoms with E-state index in [4.69, 9.17) is 4.74 Å². The van der Waals surface area contributed by atoms with Crippen LogP contribution in [0, 0.1) is 5.92 Å². The maximum Gasteiger partial charge on any atom is 0.309 e. The molecule has 7 nitrogen and oxygen atoms in total. The van der Waals surface area contributed by atoms with Crippen LogP contribution in [0.25, 0.3) is 0 Å². The van der Waals surface area contributed by atoms with Crippen LogP contribution in [0.1, 0.15) is 48.9 Å². The van der Waals surface area contributed by atoms with Gasteiger partial charge in [0, 0.05) is 10.9 Å². The highest BCUT2D eigenvalue weighted by atomic mass is 79.9. The van der Waals surface area contributed by atoms with Crippen LogP contribution in [0.3, 0.4) is 0 Å². The van der Waals surface area contributed by atoms with Gasteiger partial charge in [-0.25, -0.2) is 4.98 Å². The molecule has 0 amide bonds. The van der Waals surface area contributed by atoms with Crippen LogP contribution in [-0.2, 0) is 16.0 Å². The molecule has 2 unspecified atom stereocenters. The number of carbonyl (C=O) groups excluding carboxylic acids is 2. The van der Waals surface area contributed by atoms with Crippen molar-refractivity contribution in [2.24, 2.45) is 5.92 Å². The van der Waals surface area contributed by atoms with Crippen molar-refractivity contribution >= 4 is 39.6 Å². The fourth-order valence-electron chi connectivity index (χ4n) is 4.13. The molecule has 0 radical (unpaired) electrons. The van der Waals surface area contributed by atoms with E-state index >= 15 is 0 Å². The van der Waals surface area contributed by atoms with E-state index in [1.165, 1.54) is 16.4 Å². The largest absolute Gasteiger partial charge is 0.466 e. The molecule has 160 valence electrons. The first-order valence-electron chi connectivity index (χ1n) is 10.3. The maximum absolute atomic E-state index is 13.3. The van der Waals surface area contributed by atoms with E-state index in [1.54, 1.807) is 0 Å². The first kappa shape index (κ1) is 21.5. The Labute approximate surface area is 188 Å². The van der Waals surface area contributed by atoms with Crippen LogP contribution in [0.2, 0.25) is 0 Å². The van der Waals surface area contributed by atoms with Crippen molar-refractivity contribution in [3.05, 3.63) is 40.1 Å². The molecule has 2 aliphatic heterocycles. The van der Waals surface area contributed by atoms with Gasteiger partial charge in [0.1, 0.15) is 5.25 Å². The minimum absolute atomic E-state index is 0.0281. The number of aromatic nitrogens is 3. The number of piperidine rings is 1. The minimum atomic E-state index is -0.320. The molecule has 0 aliphatic carbocycles. The molecule has 30 heavy (non-hydrogen) atoms. The van der Waals surface area contributed by atoms with Gasteiger partial charge in [-0.3, -0.25) is 14.5 Å². The Bertz CT molecular complexity index is 942. The number of halogens is 1. The topological polar surface area (TPSA) is 77.3 Å². The van der Waals surface area contributed by atoms with Gasteiger partial charge in [-0.2, -0.15) is 4.68 Å². The molecule has 0 spiro atoms. The number of esters is 1. The van der Waals surface area contributed by atoms with Gasteiger partial charge in [0.05, 0.1) is 18.6 Å². The molecule has 4 rings (SSSR count). The Morgan fingerprint density at radius 2 is 2.10 bits per heavy atom. The van der Waals surface area contributed by atoms with Crippen molar-refractivity contribution in [2.75, 3.05) is 19.7 Å². The van der Waals surface area contributed by atoms with Crippen LogP contribution < -0.4 is 0 Å². The molecular formula is C21H25BrN4O3S. The lowest BCUT2D eigenvalue weighted by Crippen LogP contribution is -2.44. The van der Waals surface area contributed by atoms with Crippen LogP contribution >= 0.6 is 27.7 Å². The molecule has 3 heterocycles. The summed E-state index contributed by atoms with van der Waals surface area (Å²) < 4.78 is 7.65. The van der Waals surface area contributed by atoms with Crippen molar-refractivity contribution in [1.82, 2.24) is 19.7 Å². The smallest absolute Gasteiger partial charge is 0.309 e. The fourth-order valence-corrected chi connectivity index (χ4v) is 5.82. The number of thioether (sulfide) groups is 1. The average molecular weight is 493 g/mol. The zero-order valence-electron chi connectivity index (χ0n) is 17.1. The number of rotatable bonds is 6. The summed E-state index contributed by atoms with van der Waals surface area (Å²) in [5.41, 5.74) is 1.08. The zero-order valence-corrected chi connectivity index (χ0v) is 19.5. The molecule has 1 saturated heterocycles. The minimum Gasteiger partial charge on any atom is -0.466 e. The first-order chi connectivity index (χ1) is 14.5. The van der Waals surface area contributed by atoms with Gasteiger partial charge in [0.25, 0.3) is 5.91 Å². The number of carbonyl (C=O) groups is 2. The summed E-state index contributed by atoms with van der Waals surface area (Å²) in [6.45, 7) is 5.70. The molecular weight excluding hydrogens is 468 g/mol. The molecule has 1 fully saturated rings. The molecule has 0 saturated carbocycles. The molecule has 2 aromatic rings. The van der Waals surface area contributed by atoms with Gasteiger partial charge in [0.2, 0.25) is 0 Å². The van der Waals surface area contributed by atoms with E-state index in [1.807, 2.05) is 26.0 Å². The number of ether oxygens (including phenoxy) is 1. The molecule has 2 aliphatic rings. The first-order valence-corrected chi connectivity index (χ1v) is 12.0. The van der Waals surface area contributed by atoms with Gasteiger partial charge in [-0.15, -0.1) is 5.10 Å². The highest BCUT2D eigenvalue weighted by Gasteiger charge is 2.44. The lowest BCUT2D eigenvalue weighted by Gasteiger charge is -2.38.